The Kier molecular flexibility index (Phi) is 6.70. The molecule has 3 amide bonds. The fourth-order valence-electron chi connectivity index (χ4n) is 2.95. The van der Waals surface area contributed by atoms with E-state index in [0.29, 0.717) is 10.7 Å². The number of carbonyl (C=O) groups excluding carboxylic acids is 3. The number of sulfonamides is 1. The van der Waals surface area contributed by atoms with Crippen LogP contribution in [-0.4, -0.2) is 33.2 Å². The topological polar surface area (TPSA) is 153 Å². The minimum Gasteiger partial charge on any atom is -0.366 e. The minimum absolute atomic E-state index is 0.0268. The van der Waals surface area contributed by atoms with Gasteiger partial charge in [0, 0.05) is 34.4 Å². The Morgan fingerprint density at radius 2 is 1.45 bits per heavy atom. The molecule has 0 aromatic heterocycles. The number of halogens is 1. The number of carbonyl (C=O) groups is 3. The van der Waals surface area contributed by atoms with Crippen LogP contribution < -0.4 is 21.1 Å². The molecule has 0 aliphatic carbocycles. The predicted molar refractivity (Wildman–Crippen MR) is 125 cm³/mol. The molecule has 5 N–H and O–H groups in total. The summed E-state index contributed by atoms with van der Waals surface area (Å²) in [5, 5.41) is 2.89. The third-order valence-electron chi connectivity index (χ3n) is 4.69. The highest BCUT2D eigenvalue weighted by Gasteiger charge is 2.23. The second-order valence-corrected chi connectivity index (χ2v) is 9.37. The zero-order valence-electron chi connectivity index (χ0n) is 17.3. The second-order valence-electron chi connectivity index (χ2n) is 6.96. The van der Waals surface area contributed by atoms with Gasteiger partial charge < -0.3 is 16.8 Å². The molecule has 0 unspecified atom stereocenters. The van der Waals surface area contributed by atoms with Crippen LogP contribution in [0.1, 0.15) is 31.1 Å². The highest BCUT2D eigenvalue weighted by Crippen LogP contribution is 2.25. The number of anilines is 2. The van der Waals surface area contributed by atoms with Crippen molar-refractivity contribution in [3.63, 3.8) is 0 Å². The van der Waals surface area contributed by atoms with Gasteiger partial charge in [0.2, 0.25) is 11.8 Å². The maximum absolute atomic E-state index is 13.1. The molecule has 3 rings (SSSR count). The van der Waals surface area contributed by atoms with Gasteiger partial charge in [0.1, 0.15) is 0 Å². The van der Waals surface area contributed by atoms with E-state index in [1.807, 2.05) is 0 Å². The first kappa shape index (κ1) is 23.8. The first-order valence-electron chi connectivity index (χ1n) is 9.39. The molecule has 0 bridgehead atoms. The molecule has 33 heavy (non-hydrogen) atoms. The summed E-state index contributed by atoms with van der Waals surface area (Å²) in [7, 11) is -2.63. The summed E-state index contributed by atoms with van der Waals surface area (Å²) in [5.74, 6) is -2.30. The summed E-state index contributed by atoms with van der Waals surface area (Å²) in [4.78, 5) is 35.7. The number of amides is 3. The van der Waals surface area contributed by atoms with Crippen LogP contribution >= 0.6 is 11.6 Å². The highest BCUT2D eigenvalue weighted by atomic mass is 35.5. The number of nitrogens with two attached hydrogens (primary N) is 2. The molecule has 0 saturated carbocycles. The minimum atomic E-state index is -4.00. The Hall–Kier alpha value is -3.89. The molecule has 0 radical (unpaired) electrons. The van der Waals surface area contributed by atoms with E-state index in [1.165, 1.54) is 55.6 Å². The van der Waals surface area contributed by atoms with Gasteiger partial charge in [-0.2, -0.15) is 0 Å². The van der Waals surface area contributed by atoms with Crippen LogP contribution in [0.3, 0.4) is 0 Å². The molecule has 3 aromatic rings. The Labute approximate surface area is 195 Å². The van der Waals surface area contributed by atoms with Crippen molar-refractivity contribution in [3.8, 4) is 0 Å². The molecule has 3 aromatic carbocycles. The normalized spacial score (nSPS) is 11.0. The van der Waals surface area contributed by atoms with Gasteiger partial charge in [0.15, 0.2) is 0 Å². The van der Waals surface area contributed by atoms with Crippen LogP contribution in [0.25, 0.3) is 0 Å². The highest BCUT2D eigenvalue weighted by molar-refractivity contribution is 7.92. The van der Waals surface area contributed by atoms with Gasteiger partial charge in [0.05, 0.1) is 10.6 Å². The van der Waals surface area contributed by atoms with Crippen LogP contribution in [0, 0.1) is 0 Å². The summed E-state index contributed by atoms with van der Waals surface area (Å²) < 4.78 is 27.2. The molecule has 170 valence electrons. The van der Waals surface area contributed by atoms with Crippen LogP contribution in [0.15, 0.2) is 71.6 Å². The van der Waals surface area contributed by atoms with Crippen molar-refractivity contribution in [2.24, 2.45) is 11.5 Å². The van der Waals surface area contributed by atoms with Gasteiger partial charge >= 0.3 is 0 Å². The molecule has 0 aliphatic heterocycles. The van der Waals surface area contributed by atoms with Crippen molar-refractivity contribution in [1.29, 1.82) is 0 Å². The van der Waals surface area contributed by atoms with Crippen molar-refractivity contribution in [2.45, 2.75) is 4.90 Å². The van der Waals surface area contributed by atoms with Crippen LogP contribution in [0.2, 0.25) is 5.02 Å². The van der Waals surface area contributed by atoms with Crippen molar-refractivity contribution >= 4 is 50.7 Å². The molecule has 0 saturated heterocycles. The molecular weight excluding hydrogens is 468 g/mol. The average Bonchev–Trinajstić information content (AvgIpc) is 2.78. The number of benzene rings is 3. The van der Waals surface area contributed by atoms with E-state index >= 15 is 0 Å². The lowest BCUT2D eigenvalue weighted by atomic mass is 10.1. The smallest absolute Gasteiger partial charge is 0.264 e. The van der Waals surface area contributed by atoms with E-state index in [4.69, 9.17) is 23.1 Å². The molecule has 0 heterocycles. The van der Waals surface area contributed by atoms with Crippen molar-refractivity contribution < 1.29 is 22.8 Å². The van der Waals surface area contributed by atoms with Crippen LogP contribution in [0.5, 0.6) is 0 Å². The van der Waals surface area contributed by atoms with Gasteiger partial charge in [-0.15, -0.1) is 0 Å². The van der Waals surface area contributed by atoms with E-state index in [0.717, 1.165) is 4.31 Å². The molecule has 11 heteroatoms. The predicted octanol–water partition coefficient (Wildman–Crippen LogP) is 2.62. The van der Waals surface area contributed by atoms with E-state index in [-0.39, 0.29) is 27.3 Å². The number of rotatable bonds is 7. The molecule has 0 spiro atoms. The zero-order chi connectivity index (χ0) is 24.3. The van der Waals surface area contributed by atoms with Crippen LogP contribution in [0.4, 0.5) is 11.4 Å². The molecule has 0 atom stereocenters. The number of nitrogens with zero attached hydrogens (tertiary/aromatic N) is 1. The fraction of sp³-hybridized carbons (Fsp3) is 0.0455. The summed E-state index contributed by atoms with van der Waals surface area (Å²) in [6.07, 6.45) is 0. The maximum Gasteiger partial charge on any atom is 0.264 e. The zero-order valence-corrected chi connectivity index (χ0v) is 18.9. The monoisotopic (exact) mass is 486 g/mol. The van der Waals surface area contributed by atoms with Gasteiger partial charge in [0.25, 0.3) is 15.9 Å². The summed E-state index contributed by atoms with van der Waals surface area (Å²) >= 11 is 5.96. The maximum atomic E-state index is 13.1. The Balaban J connectivity index is 1.91. The van der Waals surface area contributed by atoms with Crippen molar-refractivity contribution in [3.05, 3.63) is 88.4 Å². The summed E-state index contributed by atoms with van der Waals surface area (Å²) in [6.45, 7) is 0. The average molecular weight is 487 g/mol. The van der Waals surface area contributed by atoms with Gasteiger partial charge in [-0.25, -0.2) is 8.42 Å². The molecule has 0 fully saturated rings. The van der Waals surface area contributed by atoms with Crippen molar-refractivity contribution in [2.75, 3.05) is 16.7 Å². The van der Waals surface area contributed by atoms with E-state index in [1.54, 1.807) is 18.2 Å². The number of hydrogen-bond donors (Lipinski definition) is 3. The number of nitrogens with one attached hydrogen (secondary N) is 1. The second kappa shape index (κ2) is 9.31. The van der Waals surface area contributed by atoms with Crippen molar-refractivity contribution in [1.82, 2.24) is 0 Å². The largest absolute Gasteiger partial charge is 0.366 e. The quantitative estimate of drug-likeness (QED) is 0.468. The lowest BCUT2D eigenvalue weighted by molar-refractivity contribution is 0.0994. The summed E-state index contributed by atoms with van der Waals surface area (Å²) in [5.41, 5.74) is 10.9. The molecule has 0 aliphatic rings. The third-order valence-corrected chi connectivity index (χ3v) is 6.70. The molecule has 9 nitrogen and oxygen atoms in total. The van der Waals surface area contributed by atoms with Gasteiger partial charge in [-0.3, -0.25) is 18.7 Å². The van der Waals surface area contributed by atoms with Gasteiger partial charge in [-0.1, -0.05) is 23.7 Å². The standard InChI is InChI=1S/C22H19ClN4O5S/c1-27(18-6-3-5-16(23)12-18)33(31,32)19-7-2-4-13(11-19)22(30)26-17-9-14(20(24)28)8-15(10-17)21(25)29/h2-12H,1H3,(H2,24,28)(H2,25,29)(H,26,30). The first-order valence-corrected chi connectivity index (χ1v) is 11.2. The Morgan fingerprint density at radius 1 is 0.848 bits per heavy atom. The lowest BCUT2D eigenvalue weighted by Gasteiger charge is -2.20. The Bertz CT molecular complexity index is 1340. The Morgan fingerprint density at radius 3 is 2.03 bits per heavy atom. The lowest BCUT2D eigenvalue weighted by Crippen LogP contribution is -2.27. The SMILES string of the molecule is CN(c1cccc(Cl)c1)S(=O)(=O)c1cccc(C(=O)Nc2cc(C(N)=O)cc(C(N)=O)c2)c1. The fourth-order valence-corrected chi connectivity index (χ4v) is 4.37. The molecular formula is C22H19ClN4O5S. The van der Waals surface area contributed by atoms with E-state index < -0.39 is 27.7 Å². The van der Waals surface area contributed by atoms with E-state index in [9.17, 15) is 22.8 Å². The first-order chi connectivity index (χ1) is 15.5. The number of primary amides is 2. The van der Waals surface area contributed by atoms with Crippen LogP contribution in [-0.2, 0) is 10.0 Å². The third kappa shape index (κ3) is 5.30. The number of hydrogen-bond acceptors (Lipinski definition) is 5. The van der Waals surface area contributed by atoms with Gasteiger partial charge in [-0.05, 0) is 54.6 Å². The van der Waals surface area contributed by atoms with E-state index in [2.05, 4.69) is 5.32 Å². The summed E-state index contributed by atoms with van der Waals surface area (Å²) in [6, 6.07) is 15.5.